The molecule has 0 atom stereocenters. The molecule has 5 aliphatic rings. The first-order valence-electron chi connectivity index (χ1n) is 22.7. The lowest BCUT2D eigenvalue weighted by molar-refractivity contribution is 1.23. The lowest BCUT2D eigenvalue weighted by Gasteiger charge is -2.06. The Labute approximate surface area is 389 Å². The Bertz CT molecular complexity index is 3650. The summed E-state index contributed by atoms with van der Waals surface area (Å²) in [4.78, 5) is 36.1. The third-order valence-corrected chi connectivity index (χ3v) is 12.8. The lowest BCUT2D eigenvalue weighted by Crippen LogP contribution is -2.19. The molecule has 13 rings (SSSR count). The number of aliphatic imine (C=N–C) groups is 4. The molecule has 0 aliphatic carbocycles. The van der Waals surface area contributed by atoms with E-state index in [9.17, 15) is 0 Å². The van der Waals surface area contributed by atoms with Crippen LogP contribution in [0.1, 0.15) is 22.3 Å². The summed E-state index contributed by atoms with van der Waals surface area (Å²) in [7, 11) is 0. The van der Waals surface area contributed by atoms with Crippen LogP contribution in [0.25, 0.3) is 45.1 Å². The molecule has 5 aliphatic heterocycles. The molecule has 0 radical (unpaired) electrons. The van der Waals surface area contributed by atoms with Crippen molar-refractivity contribution in [1.82, 2.24) is 19.9 Å². The molecule has 0 unspecified atom stereocenters. The van der Waals surface area contributed by atoms with Crippen molar-refractivity contribution in [1.29, 1.82) is 0 Å². The molecule has 16 bridgehead atoms. The van der Waals surface area contributed by atoms with Crippen molar-refractivity contribution >= 4 is 67.9 Å². The summed E-state index contributed by atoms with van der Waals surface area (Å²) >= 11 is 0. The van der Waals surface area contributed by atoms with Crippen LogP contribution in [0.5, 0.6) is 0 Å². The van der Waals surface area contributed by atoms with E-state index in [1.54, 1.807) is 0 Å². The van der Waals surface area contributed by atoms with Crippen molar-refractivity contribution in [3.8, 4) is 0 Å². The zero-order valence-electron chi connectivity index (χ0n) is 36.6. The first-order valence-corrected chi connectivity index (χ1v) is 22.7. The Morgan fingerprint density at radius 3 is 0.632 bits per heavy atom. The van der Waals surface area contributed by atoms with Gasteiger partial charge in [0.05, 0.1) is 67.0 Å². The van der Waals surface area contributed by atoms with E-state index in [4.69, 9.17) is 20.0 Å². The minimum Gasteiger partial charge on any atom is -0.353 e. The Morgan fingerprint density at radius 2 is 0.412 bits per heavy atom. The van der Waals surface area contributed by atoms with E-state index in [-0.39, 0.29) is 0 Å². The Kier molecular flexibility index (Phi) is 9.31. The second-order valence-electron chi connectivity index (χ2n) is 17.0. The summed E-state index contributed by atoms with van der Waals surface area (Å²) in [5, 5.41) is 7.44. The second-order valence-corrected chi connectivity index (χ2v) is 17.0. The Morgan fingerprint density at radius 1 is 0.206 bits per heavy atom. The largest absolute Gasteiger partial charge is 0.353 e. The first kappa shape index (κ1) is 39.0. The fourth-order valence-electron chi connectivity index (χ4n) is 9.55. The van der Waals surface area contributed by atoms with Gasteiger partial charge in [-0.1, -0.05) is 121 Å². The normalized spacial score (nSPS) is 16.1. The van der Waals surface area contributed by atoms with E-state index in [0.29, 0.717) is 0 Å². The van der Waals surface area contributed by atoms with Crippen molar-refractivity contribution in [2.24, 2.45) is 20.0 Å². The summed E-state index contributed by atoms with van der Waals surface area (Å²) in [6.07, 6.45) is 16.8. The number of H-pyrrole nitrogens is 4. The van der Waals surface area contributed by atoms with Crippen LogP contribution >= 0.6 is 0 Å². The number of nitrogens with zero attached hydrogens (tertiary/aromatic N) is 4. The number of benzene rings is 4. The van der Waals surface area contributed by atoms with Crippen LogP contribution in [0.15, 0.2) is 238 Å². The van der Waals surface area contributed by atoms with E-state index in [1.807, 2.05) is 24.3 Å². The van der Waals surface area contributed by atoms with Crippen LogP contribution in [0.2, 0.25) is 0 Å². The number of rotatable bonds is 4. The van der Waals surface area contributed by atoms with Crippen molar-refractivity contribution < 1.29 is 0 Å². The highest BCUT2D eigenvalue weighted by molar-refractivity contribution is 6.34. The van der Waals surface area contributed by atoms with Gasteiger partial charge in [-0.25, -0.2) is 20.0 Å². The van der Waals surface area contributed by atoms with Crippen molar-refractivity contribution in [2.75, 3.05) is 0 Å². The predicted octanol–water partition coefficient (Wildman–Crippen LogP) is 5.39. The molecular weight excluding hydrogens is 833 g/mol. The highest BCUT2D eigenvalue weighted by Gasteiger charge is 2.20. The minimum atomic E-state index is 0.845. The SMILES string of the molecule is C1=CC2=c3ccc([nH]3)=C(c3ccccc3)C3=NC(=c4ccc([nH]4)=C(c4ccccc4)C4=NC(=c5ccc([nH]5)=C(c5ccccc5)C5=NC(=c6ccc([nH]6)=C(c6ccccc6)C1=N2)C=C5)C=C4)C=C3. The van der Waals surface area contributed by atoms with Gasteiger partial charge in [-0.3, -0.25) is 0 Å². The Balaban J connectivity index is 1.09. The summed E-state index contributed by atoms with van der Waals surface area (Å²) < 4.78 is 0. The zero-order valence-corrected chi connectivity index (χ0v) is 36.6. The van der Waals surface area contributed by atoms with Crippen molar-refractivity contribution in [3.05, 3.63) is 284 Å². The van der Waals surface area contributed by atoms with E-state index >= 15 is 0 Å². The van der Waals surface area contributed by atoms with Gasteiger partial charge in [0.1, 0.15) is 0 Å². The molecule has 9 heterocycles. The van der Waals surface area contributed by atoms with E-state index in [2.05, 4.69) is 214 Å². The highest BCUT2D eigenvalue weighted by atomic mass is 14.9. The number of hydrogen-bond acceptors (Lipinski definition) is 4. The number of aromatic nitrogens is 4. The maximum absolute atomic E-state index is 5.28. The van der Waals surface area contributed by atoms with E-state index in [1.165, 1.54) is 0 Å². The van der Waals surface area contributed by atoms with Crippen LogP contribution in [0.3, 0.4) is 0 Å². The van der Waals surface area contributed by atoms with Crippen LogP contribution in [-0.2, 0) is 0 Å². The van der Waals surface area contributed by atoms with Crippen molar-refractivity contribution in [3.63, 3.8) is 0 Å². The average Bonchev–Trinajstić information content (AvgIpc) is 4.23. The van der Waals surface area contributed by atoms with Crippen LogP contribution in [0, 0.1) is 0 Å². The molecule has 0 spiro atoms. The smallest absolute Gasteiger partial charge is 0.0872 e. The molecule has 320 valence electrons. The first-order chi connectivity index (χ1) is 33.7. The van der Waals surface area contributed by atoms with Gasteiger partial charge in [-0.2, -0.15) is 0 Å². The van der Waals surface area contributed by atoms with Crippen LogP contribution < -0.4 is 42.8 Å². The van der Waals surface area contributed by atoms with Gasteiger partial charge in [-0.15, -0.1) is 0 Å². The molecule has 8 aromatic rings. The van der Waals surface area contributed by atoms with Gasteiger partial charge in [0.2, 0.25) is 0 Å². The molecule has 8 heteroatoms. The lowest BCUT2D eigenvalue weighted by atomic mass is 10.0. The van der Waals surface area contributed by atoms with Gasteiger partial charge in [0, 0.05) is 43.7 Å². The zero-order chi connectivity index (χ0) is 45.0. The van der Waals surface area contributed by atoms with E-state index in [0.717, 1.165) is 133 Å². The molecule has 0 fully saturated rings. The number of aromatic amines is 4. The molecule has 4 N–H and O–H groups in total. The third kappa shape index (κ3) is 6.96. The topological polar surface area (TPSA) is 113 Å². The quantitative estimate of drug-likeness (QED) is 0.182. The molecule has 0 amide bonds. The molecule has 68 heavy (non-hydrogen) atoms. The standard InChI is InChI=1S/C60H40N8/c1-5-13-37(14-6-1)57-49-29-21-41(61-49)43-23-31-51(63-43)58(38-15-7-2-8-16-38)53-33-25-45(65-53)47-27-35-55(67-47)60(40-19-11-4-12-20-40)56-36-28-48(68-56)46-26-34-54(66-46)59(39-17-9-3-10-18-39)52-32-24-44(64-52)42-22-30-50(57)62-42/h1-36,61,64-65,68H. The highest BCUT2D eigenvalue weighted by Crippen LogP contribution is 2.25. The van der Waals surface area contributed by atoms with Crippen molar-refractivity contribution in [2.45, 2.75) is 0 Å². The molecule has 0 saturated heterocycles. The van der Waals surface area contributed by atoms with Gasteiger partial charge >= 0.3 is 0 Å². The number of nitrogens with one attached hydrogen (secondary N) is 4. The Hall–Kier alpha value is -9.40. The predicted molar refractivity (Wildman–Crippen MR) is 276 cm³/mol. The number of hydrogen-bond donors (Lipinski definition) is 4. The number of fused-ring (bicyclic) bond motifs is 12. The summed E-state index contributed by atoms with van der Waals surface area (Å²) in [5.41, 5.74) is 15.1. The molecular formula is C60H40N8. The van der Waals surface area contributed by atoms with Gasteiger partial charge < -0.3 is 19.9 Å². The van der Waals surface area contributed by atoms with Crippen LogP contribution in [0.4, 0.5) is 0 Å². The van der Waals surface area contributed by atoms with Gasteiger partial charge in [0.15, 0.2) is 0 Å². The number of allylic oxidation sites excluding steroid dienone is 4. The summed E-state index contributed by atoms with van der Waals surface area (Å²) in [6, 6.07) is 58.7. The molecule has 0 saturated carbocycles. The second kappa shape index (κ2) is 16.2. The van der Waals surface area contributed by atoms with E-state index < -0.39 is 0 Å². The fraction of sp³-hybridized carbons (Fsp3) is 0. The third-order valence-electron chi connectivity index (χ3n) is 12.8. The van der Waals surface area contributed by atoms with Crippen LogP contribution in [-0.4, -0.2) is 42.8 Å². The fourth-order valence-corrected chi connectivity index (χ4v) is 9.55. The molecule has 4 aromatic heterocycles. The van der Waals surface area contributed by atoms with Gasteiger partial charge in [0.25, 0.3) is 0 Å². The maximum atomic E-state index is 5.28. The monoisotopic (exact) mass is 872 g/mol. The molecule has 4 aromatic carbocycles. The van der Waals surface area contributed by atoms with Gasteiger partial charge in [-0.05, 0) is 119 Å². The summed E-state index contributed by atoms with van der Waals surface area (Å²) in [5.74, 6) is 0. The average molecular weight is 873 g/mol. The maximum Gasteiger partial charge on any atom is 0.0872 e. The summed E-state index contributed by atoms with van der Waals surface area (Å²) in [6.45, 7) is 0. The molecule has 8 nitrogen and oxygen atoms in total. The minimum absolute atomic E-state index is 0.845.